The summed E-state index contributed by atoms with van der Waals surface area (Å²) in [4.78, 5) is 49.5. The topological polar surface area (TPSA) is 105 Å². The Kier molecular flexibility index (Phi) is 37.5. The minimum absolute atomic E-state index is 0.0215. The van der Waals surface area contributed by atoms with Crippen molar-refractivity contribution in [1.29, 1.82) is 0 Å². The van der Waals surface area contributed by atoms with Gasteiger partial charge in [-0.25, -0.2) is 0 Å². The second-order valence-corrected chi connectivity index (χ2v) is 15.3. The molecule has 0 radical (unpaired) electrons. The monoisotopic (exact) mass is 759 g/mol. The molecule has 0 rings (SSSR count). The molecule has 8 nitrogen and oxygen atoms in total. The van der Waals surface area contributed by atoms with E-state index in [1.54, 1.807) is 6.92 Å². The highest BCUT2D eigenvalue weighted by atomic mass is 35.5. The number of carbonyl (C=O) groups excluding carboxylic acids is 4. The third-order valence-corrected chi connectivity index (χ3v) is 9.65. The summed E-state index contributed by atoms with van der Waals surface area (Å²) in [5, 5.41) is 0. The lowest BCUT2D eigenvalue weighted by atomic mass is 10.0. The fourth-order valence-corrected chi connectivity index (χ4v) is 6.37. The van der Waals surface area contributed by atoms with Crippen LogP contribution in [0.5, 0.6) is 0 Å². The van der Waals surface area contributed by atoms with E-state index in [9.17, 15) is 19.2 Å². The Balaban J connectivity index is 4.39. The second-order valence-electron chi connectivity index (χ2n) is 14.9. The SMILES string of the molecule is CCCCCCCCCCCCCCCC(=O)OCC(COC(=O)CCCCCCCCCCCCCCC)OC(=O)CC(C)CC(=O)OCCCl. The highest BCUT2D eigenvalue weighted by Crippen LogP contribution is 2.16. The molecule has 0 fully saturated rings. The van der Waals surface area contributed by atoms with E-state index in [0.29, 0.717) is 12.8 Å². The van der Waals surface area contributed by atoms with Crippen LogP contribution in [0.3, 0.4) is 0 Å². The normalized spacial score (nSPS) is 11.8. The molecule has 0 aromatic carbocycles. The van der Waals surface area contributed by atoms with Crippen molar-refractivity contribution >= 4 is 35.5 Å². The molecule has 1 unspecified atom stereocenters. The maximum absolute atomic E-state index is 12.7. The molecule has 0 bridgehead atoms. The Labute approximate surface area is 323 Å². The van der Waals surface area contributed by atoms with Gasteiger partial charge in [0.2, 0.25) is 0 Å². The standard InChI is InChI=1S/C43H79ClO8/c1-4-6-8-10-12-14-16-18-20-22-24-26-28-30-40(45)50-36-39(52-43(48)35-38(3)34-42(47)49-33-32-44)37-51-41(46)31-29-27-25-23-21-19-17-15-13-11-9-7-5-2/h38-39H,4-37H2,1-3H3. The van der Waals surface area contributed by atoms with Gasteiger partial charge >= 0.3 is 23.9 Å². The van der Waals surface area contributed by atoms with Crippen molar-refractivity contribution in [2.75, 3.05) is 25.7 Å². The van der Waals surface area contributed by atoms with Crippen molar-refractivity contribution in [3.8, 4) is 0 Å². The predicted molar refractivity (Wildman–Crippen MR) is 212 cm³/mol. The summed E-state index contributed by atoms with van der Waals surface area (Å²) in [5.74, 6) is -1.78. The molecule has 306 valence electrons. The molecule has 52 heavy (non-hydrogen) atoms. The number of ether oxygens (including phenoxy) is 4. The minimum Gasteiger partial charge on any atom is -0.464 e. The molecule has 9 heteroatoms. The molecule has 0 aromatic rings. The van der Waals surface area contributed by atoms with E-state index in [1.165, 1.54) is 128 Å². The number of carbonyl (C=O) groups is 4. The summed E-state index contributed by atoms with van der Waals surface area (Å²) in [6, 6.07) is 0. The minimum atomic E-state index is -0.908. The zero-order chi connectivity index (χ0) is 38.3. The van der Waals surface area contributed by atoms with Crippen LogP contribution in [0.15, 0.2) is 0 Å². The lowest BCUT2D eigenvalue weighted by molar-refractivity contribution is -0.167. The van der Waals surface area contributed by atoms with Gasteiger partial charge in [0, 0.05) is 25.7 Å². The zero-order valence-electron chi connectivity index (χ0n) is 33.8. The number of esters is 4. The van der Waals surface area contributed by atoms with Crippen LogP contribution in [0.2, 0.25) is 0 Å². The average molecular weight is 760 g/mol. The summed E-state index contributed by atoms with van der Waals surface area (Å²) in [7, 11) is 0. The predicted octanol–water partition coefficient (Wildman–Crippen LogP) is 12.1. The van der Waals surface area contributed by atoms with Crippen LogP contribution in [-0.4, -0.2) is 55.7 Å². The third kappa shape index (κ3) is 36.5. The second kappa shape index (κ2) is 38.9. The Morgan fingerprint density at radius 2 is 0.769 bits per heavy atom. The third-order valence-electron chi connectivity index (χ3n) is 9.50. The van der Waals surface area contributed by atoms with E-state index in [1.807, 2.05) is 0 Å². The molecule has 0 saturated carbocycles. The van der Waals surface area contributed by atoms with E-state index in [0.717, 1.165) is 38.5 Å². The smallest absolute Gasteiger partial charge is 0.306 e. The van der Waals surface area contributed by atoms with Crippen LogP contribution >= 0.6 is 11.6 Å². The number of halogens is 1. The van der Waals surface area contributed by atoms with Crippen molar-refractivity contribution in [2.24, 2.45) is 5.92 Å². The van der Waals surface area contributed by atoms with Crippen molar-refractivity contribution < 1.29 is 38.1 Å². The maximum Gasteiger partial charge on any atom is 0.306 e. The zero-order valence-corrected chi connectivity index (χ0v) is 34.6. The van der Waals surface area contributed by atoms with Gasteiger partial charge in [0.15, 0.2) is 6.10 Å². The molecule has 0 saturated heterocycles. The molecular weight excluding hydrogens is 680 g/mol. The molecule has 0 aliphatic carbocycles. The Bertz CT molecular complexity index is 805. The van der Waals surface area contributed by atoms with Crippen LogP contribution in [0.25, 0.3) is 0 Å². The van der Waals surface area contributed by atoms with E-state index in [4.69, 9.17) is 30.5 Å². The van der Waals surface area contributed by atoms with Gasteiger partial charge in [0.05, 0.1) is 5.88 Å². The van der Waals surface area contributed by atoms with Crippen LogP contribution in [0.1, 0.15) is 213 Å². The molecule has 0 N–H and O–H groups in total. The van der Waals surface area contributed by atoms with E-state index < -0.39 is 18.0 Å². The van der Waals surface area contributed by atoms with E-state index in [2.05, 4.69) is 13.8 Å². The van der Waals surface area contributed by atoms with Crippen LogP contribution in [-0.2, 0) is 38.1 Å². The first kappa shape index (κ1) is 50.2. The molecule has 1 atom stereocenters. The number of unbranched alkanes of at least 4 members (excludes halogenated alkanes) is 24. The van der Waals surface area contributed by atoms with E-state index in [-0.39, 0.29) is 56.4 Å². The first-order valence-corrected chi connectivity index (χ1v) is 22.1. The van der Waals surface area contributed by atoms with Gasteiger partial charge in [0.1, 0.15) is 19.8 Å². The number of hydrogen-bond donors (Lipinski definition) is 0. The Morgan fingerprint density at radius 1 is 0.442 bits per heavy atom. The Morgan fingerprint density at radius 3 is 1.12 bits per heavy atom. The molecule has 0 spiro atoms. The molecule has 0 amide bonds. The van der Waals surface area contributed by atoms with Gasteiger partial charge in [-0.3, -0.25) is 19.2 Å². The summed E-state index contributed by atoms with van der Waals surface area (Å²) >= 11 is 5.57. The van der Waals surface area contributed by atoms with Gasteiger partial charge < -0.3 is 18.9 Å². The lowest BCUT2D eigenvalue weighted by Gasteiger charge is -2.19. The van der Waals surface area contributed by atoms with Crippen molar-refractivity contribution in [2.45, 2.75) is 219 Å². The van der Waals surface area contributed by atoms with Crippen molar-refractivity contribution in [1.82, 2.24) is 0 Å². The molecule has 0 heterocycles. The first-order chi connectivity index (χ1) is 25.3. The fraction of sp³-hybridized carbons (Fsp3) is 0.907. The molecule has 0 aliphatic rings. The van der Waals surface area contributed by atoms with Crippen LogP contribution in [0, 0.1) is 5.92 Å². The van der Waals surface area contributed by atoms with Gasteiger partial charge in [-0.05, 0) is 18.8 Å². The number of rotatable bonds is 39. The number of hydrogen-bond acceptors (Lipinski definition) is 8. The van der Waals surface area contributed by atoms with E-state index >= 15 is 0 Å². The number of alkyl halides is 1. The van der Waals surface area contributed by atoms with Crippen molar-refractivity contribution in [3.05, 3.63) is 0 Å². The quantitative estimate of drug-likeness (QED) is 0.0264. The maximum atomic E-state index is 12.7. The average Bonchev–Trinajstić information content (AvgIpc) is 3.12. The van der Waals surface area contributed by atoms with Crippen molar-refractivity contribution in [3.63, 3.8) is 0 Å². The van der Waals surface area contributed by atoms with Crippen LogP contribution < -0.4 is 0 Å². The van der Waals surface area contributed by atoms with Crippen LogP contribution in [0.4, 0.5) is 0 Å². The fourth-order valence-electron chi connectivity index (χ4n) is 6.29. The highest BCUT2D eigenvalue weighted by Gasteiger charge is 2.22. The van der Waals surface area contributed by atoms with Gasteiger partial charge in [-0.2, -0.15) is 0 Å². The molecule has 0 aliphatic heterocycles. The van der Waals surface area contributed by atoms with Gasteiger partial charge in [-0.1, -0.05) is 175 Å². The lowest BCUT2D eigenvalue weighted by Crippen LogP contribution is -2.31. The highest BCUT2D eigenvalue weighted by molar-refractivity contribution is 6.18. The van der Waals surface area contributed by atoms with Gasteiger partial charge in [-0.15, -0.1) is 11.6 Å². The van der Waals surface area contributed by atoms with Gasteiger partial charge in [0.25, 0.3) is 0 Å². The molecule has 0 aromatic heterocycles. The summed E-state index contributed by atoms with van der Waals surface area (Å²) in [5.41, 5.74) is 0. The Hall–Kier alpha value is -1.83. The largest absolute Gasteiger partial charge is 0.464 e. The summed E-state index contributed by atoms with van der Waals surface area (Å²) in [6.07, 6.45) is 31.7. The first-order valence-electron chi connectivity index (χ1n) is 21.5. The molecular formula is C43H79ClO8. The summed E-state index contributed by atoms with van der Waals surface area (Å²) in [6.45, 7) is 6.01. The summed E-state index contributed by atoms with van der Waals surface area (Å²) < 4.78 is 21.4.